The Morgan fingerprint density at radius 1 is 1.13 bits per heavy atom. The lowest BCUT2D eigenvalue weighted by Crippen LogP contribution is -2.33. The van der Waals surface area contributed by atoms with Crippen molar-refractivity contribution in [2.75, 3.05) is 4.90 Å². The molecule has 0 saturated carbocycles. The van der Waals surface area contributed by atoms with Crippen LogP contribution in [0.2, 0.25) is 0 Å². The molecule has 0 spiro atoms. The van der Waals surface area contributed by atoms with Gasteiger partial charge in [-0.15, -0.1) is 0 Å². The van der Waals surface area contributed by atoms with E-state index in [1.54, 1.807) is 51.2 Å². The Morgan fingerprint density at radius 3 is 2.42 bits per heavy atom. The summed E-state index contributed by atoms with van der Waals surface area (Å²) < 4.78 is 4.89. The quantitative estimate of drug-likeness (QED) is 0.668. The monoisotopic (exact) mass is 417 g/mol. The smallest absolute Gasteiger partial charge is 0.294 e. The van der Waals surface area contributed by atoms with Gasteiger partial charge in [0.2, 0.25) is 0 Å². The zero-order valence-corrected chi connectivity index (χ0v) is 17.8. The molecule has 1 aliphatic rings. The second-order valence-electron chi connectivity index (χ2n) is 8.53. The summed E-state index contributed by atoms with van der Waals surface area (Å²) in [7, 11) is 0. The fourth-order valence-electron chi connectivity index (χ4n) is 3.74. The lowest BCUT2D eigenvalue weighted by atomic mass is 9.82. The fraction of sp³-hybridized carbons (Fsp3) is 0.250. The molecular formula is C24H23N3O4. The second-order valence-corrected chi connectivity index (χ2v) is 8.53. The average Bonchev–Trinajstić information content (AvgIpc) is 3.35. The van der Waals surface area contributed by atoms with Gasteiger partial charge in [0, 0.05) is 40.2 Å². The molecule has 3 heterocycles. The van der Waals surface area contributed by atoms with Crippen LogP contribution in [0.15, 0.2) is 70.8 Å². The van der Waals surface area contributed by atoms with Crippen molar-refractivity contribution in [3.8, 4) is 11.3 Å². The molecule has 4 rings (SSSR count). The van der Waals surface area contributed by atoms with E-state index in [0.717, 1.165) is 5.56 Å². The Balaban J connectivity index is 1.84. The molecule has 1 unspecified atom stereocenters. The summed E-state index contributed by atoms with van der Waals surface area (Å²) in [6, 6.07) is 11.7. The summed E-state index contributed by atoms with van der Waals surface area (Å²) in [6.45, 7) is 7.12. The van der Waals surface area contributed by atoms with E-state index in [4.69, 9.17) is 4.52 Å². The second kappa shape index (κ2) is 7.50. The molecule has 0 saturated heterocycles. The highest BCUT2D eigenvalue weighted by Crippen LogP contribution is 2.44. The number of pyridine rings is 1. The molecule has 1 aromatic carbocycles. The van der Waals surface area contributed by atoms with E-state index in [9.17, 15) is 14.7 Å². The zero-order valence-electron chi connectivity index (χ0n) is 17.8. The maximum atomic E-state index is 13.3. The van der Waals surface area contributed by atoms with Crippen molar-refractivity contribution in [3.63, 3.8) is 0 Å². The average molecular weight is 417 g/mol. The first-order valence-electron chi connectivity index (χ1n) is 9.94. The van der Waals surface area contributed by atoms with Crippen molar-refractivity contribution >= 4 is 17.4 Å². The Labute approximate surface area is 180 Å². The van der Waals surface area contributed by atoms with Gasteiger partial charge in [-0.3, -0.25) is 19.5 Å². The van der Waals surface area contributed by atoms with Gasteiger partial charge in [0.25, 0.3) is 5.91 Å². The number of aryl methyl sites for hydroxylation is 1. The molecule has 3 aromatic rings. The third kappa shape index (κ3) is 3.52. The third-order valence-electron chi connectivity index (χ3n) is 5.36. The fourth-order valence-corrected chi connectivity index (χ4v) is 3.74. The van der Waals surface area contributed by atoms with Crippen LogP contribution in [0, 0.1) is 12.3 Å². The molecule has 0 aliphatic carbocycles. The predicted molar refractivity (Wildman–Crippen MR) is 115 cm³/mol. The van der Waals surface area contributed by atoms with Crippen LogP contribution in [0.3, 0.4) is 0 Å². The summed E-state index contributed by atoms with van der Waals surface area (Å²) in [5, 5.41) is 14.7. The van der Waals surface area contributed by atoms with E-state index in [2.05, 4.69) is 10.1 Å². The van der Waals surface area contributed by atoms with Crippen molar-refractivity contribution in [2.45, 2.75) is 33.7 Å². The van der Waals surface area contributed by atoms with Crippen molar-refractivity contribution in [3.05, 3.63) is 77.5 Å². The van der Waals surface area contributed by atoms with Crippen LogP contribution in [0.4, 0.5) is 5.69 Å². The van der Waals surface area contributed by atoms with Gasteiger partial charge in [0.05, 0.1) is 11.6 Å². The molecule has 31 heavy (non-hydrogen) atoms. The number of hydrogen-bond donors (Lipinski definition) is 1. The summed E-state index contributed by atoms with van der Waals surface area (Å²) in [6.07, 6.45) is 3.14. The Hall–Kier alpha value is -3.74. The van der Waals surface area contributed by atoms with E-state index < -0.39 is 23.1 Å². The molecule has 0 bridgehead atoms. The number of aromatic nitrogens is 2. The summed E-state index contributed by atoms with van der Waals surface area (Å²) >= 11 is 0. The number of benzene rings is 1. The van der Waals surface area contributed by atoms with Gasteiger partial charge < -0.3 is 9.63 Å². The number of anilines is 1. The highest BCUT2D eigenvalue weighted by Gasteiger charge is 2.47. The highest BCUT2D eigenvalue weighted by atomic mass is 16.5. The number of hydrogen-bond acceptors (Lipinski definition) is 6. The number of carbonyl (C=O) groups excluding carboxylic acids is 2. The minimum atomic E-state index is -0.773. The molecule has 1 N–H and O–H groups in total. The van der Waals surface area contributed by atoms with E-state index in [0.29, 0.717) is 22.6 Å². The van der Waals surface area contributed by atoms with E-state index in [-0.39, 0.29) is 11.4 Å². The Bertz CT molecular complexity index is 1170. The molecule has 7 heteroatoms. The first-order chi connectivity index (χ1) is 14.7. The van der Waals surface area contributed by atoms with Gasteiger partial charge in [0.1, 0.15) is 12.0 Å². The number of amides is 1. The van der Waals surface area contributed by atoms with Crippen molar-refractivity contribution in [1.29, 1.82) is 0 Å². The van der Waals surface area contributed by atoms with Gasteiger partial charge in [0.15, 0.2) is 11.5 Å². The minimum Gasteiger partial charge on any atom is -0.503 e. The summed E-state index contributed by atoms with van der Waals surface area (Å²) in [4.78, 5) is 32.2. The maximum Gasteiger partial charge on any atom is 0.294 e. The topological polar surface area (TPSA) is 96.5 Å². The molecule has 1 amide bonds. The number of carbonyl (C=O) groups is 2. The highest BCUT2D eigenvalue weighted by molar-refractivity contribution is 6.17. The van der Waals surface area contributed by atoms with Gasteiger partial charge in [-0.25, -0.2) is 0 Å². The standard InChI is InChI=1S/C24H23N3O4/c1-14-17(6-5-12-25-14)20-19(22(29)24(2,3)4)21(28)23(30)27(20)16-9-7-15(8-10-16)18-11-13-31-26-18/h5-13,20,28H,1-4H3. The molecule has 1 atom stereocenters. The molecule has 0 fully saturated rings. The normalized spacial score (nSPS) is 16.8. The lowest BCUT2D eigenvalue weighted by molar-refractivity contribution is -0.123. The third-order valence-corrected chi connectivity index (χ3v) is 5.36. The minimum absolute atomic E-state index is 0.0918. The van der Waals surface area contributed by atoms with Crippen molar-refractivity contribution in [1.82, 2.24) is 10.1 Å². The lowest BCUT2D eigenvalue weighted by Gasteiger charge is -2.29. The molecular weight excluding hydrogens is 394 g/mol. The SMILES string of the molecule is Cc1ncccc1C1C(C(=O)C(C)(C)C)=C(O)C(=O)N1c1ccc(-c2ccon2)cc1. The van der Waals surface area contributed by atoms with Crippen LogP contribution in [-0.4, -0.2) is 26.9 Å². The van der Waals surface area contributed by atoms with Crippen molar-refractivity contribution in [2.24, 2.45) is 5.41 Å². The van der Waals surface area contributed by atoms with Crippen LogP contribution < -0.4 is 4.90 Å². The molecule has 7 nitrogen and oxygen atoms in total. The number of rotatable bonds is 4. The van der Waals surface area contributed by atoms with Crippen molar-refractivity contribution < 1.29 is 19.2 Å². The van der Waals surface area contributed by atoms with Crippen LogP contribution in [0.1, 0.15) is 38.1 Å². The molecule has 0 radical (unpaired) electrons. The predicted octanol–water partition coefficient (Wildman–Crippen LogP) is 4.56. The van der Waals surface area contributed by atoms with Crippen LogP contribution in [-0.2, 0) is 9.59 Å². The van der Waals surface area contributed by atoms with E-state index in [1.807, 2.05) is 25.1 Å². The maximum absolute atomic E-state index is 13.3. The van der Waals surface area contributed by atoms with Gasteiger partial charge in [-0.2, -0.15) is 0 Å². The zero-order chi connectivity index (χ0) is 22.3. The van der Waals surface area contributed by atoms with Gasteiger partial charge in [-0.1, -0.05) is 44.1 Å². The van der Waals surface area contributed by atoms with Gasteiger partial charge >= 0.3 is 0 Å². The largest absolute Gasteiger partial charge is 0.503 e. The Kier molecular flexibility index (Phi) is 4.97. The molecule has 158 valence electrons. The van der Waals surface area contributed by atoms with Gasteiger partial charge in [-0.05, 0) is 25.1 Å². The number of ketones is 1. The number of nitrogens with zero attached hydrogens (tertiary/aromatic N) is 3. The number of Topliss-reactive ketones (excluding diaryl/α,β-unsaturated/α-hetero) is 1. The summed E-state index contributed by atoms with van der Waals surface area (Å²) in [5.41, 5.74) is 2.73. The van der Waals surface area contributed by atoms with E-state index in [1.165, 1.54) is 11.2 Å². The molecule has 1 aliphatic heterocycles. The number of aliphatic hydroxyl groups is 1. The molecule has 2 aromatic heterocycles. The summed E-state index contributed by atoms with van der Waals surface area (Å²) in [5.74, 6) is -1.42. The number of aliphatic hydroxyl groups excluding tert-OH is 1. The first-order valence-corrected chi connectivity index (χ1v) is 9.94. The van der Waals surface area contributed by atoms with Crippen LogP contribution >= 0.6 is 0 Å². The first kappa shape index (κ1) is 20.5. The van der Waals surface area contributed by atoms with E-state index >= 15 is 0 Å². The Morgan fingerprint density at radius 2 is 1.84 bits per heavy atom. The van der Waals surface area contributed by atoms with Crippen LogP contribution in [0.25, 0.3) is 11.3 Å². The van der Waals surface area contributed by atoms with Crippen LogP contribution in [0.5, 0.6) is 0 Å².